The van der Waals surface area contributed by atoms with Gasteiger partial charge < -0.3 is 10.2 Å². The molecule has 7 heteroatoms. The van der Waals surface area contributed by atoms with E-state index >= 15 is 0 Å². The van der Waals surface area contributed by atoms with Gasteiger partial charge in [0.2, 0.25) is 5.95 Å². The van der Waals surface area contributed by atoms with Crippen molar-refractivity contribution in [2.75, 3.05) is 19.4 Å². The van der Waals surface area contributed by atoms with Gasteiger partial charge in [0, 0.05) is 30.0 Å². The Bertz CT molecular complexity index is 1110. The van der Waals surface area contributed by atoms with Crippen molar-refractivity contribution in [2.45, 2.75) is 24.9 Å². The molecule has 0 bridgehead atoms. The number of rotatable bonds is 4. The molecule has 1 saturated carbocycles. The second-order valence-electron chi connectivity index (χ2n) is 7.31. The minimum atomic E-state index is 0.444. The lowest BCUT2D eigenvalue weighted by Gasteiger charge is -2.39. The molecule has 0 saturated heterocycles. The molecule has 0 atom stereocenters. The first-order valence-electron chi connectivity index (χ1n) is 9.17. The minimum Gasteiger partial charge on any atom is -0.350 e. The van der Waals surface area contributed by atoms with Crippen LogP contribution in [-0.2, 0) is 0 Å². The molecule has 0 aliphatic heterocycles. The first-order valence-corrected chi connectivity index (χ1v) is 9.17. The largest absolute Gasteiger partial charge is 0.350 e. The molecule has 7 nitrogen and oxygen atoms in total. The van der Waals surface area contributed by atoms with Crippen LogP contribution in [0, 0.1) is 0 Å². The zero-order valence-electron chi connectivity index (χ0n) is 15.4. The third-order valence-corrected chi connectivity index (χ3v) is 5.33. The van der Waals surface area contributed by atoms with Crippen LogP contribution in [0.3, 0.4) is 0 Å². The van der Waals surface area contributed by atoms with Gasteiger partial charge in [-0.15, -0.1) is 5.10 Å². The third kappa shape index (κ3) is 2.90. The summed E-state index contributed by atoms with van der Waals surface area (Å²) in [5, 5.41) is 8.05. The Balaban J connectivity index is 1.41. The monoisotopic (exact) mass is 359 g/mol. The van der Waals surface area contributed by atoms with Crippen molar-refractivity contribution in [3.8, 4) is 11.3 Å². The lowest BCUT2D eigenvalue weighted by atomic mass is 9.86. The summed E-state index contributed by atoms with van der Waals surface area (Å²) in [6, 6.07) is 11.0. The summed E-state index contributed by atoms with van der Waals surface area (Å²) >= 11 is 0. The van der Waals surface area contributed by atoms with Crippen LogP contribution in [0.2, 0.25) is 0 Å². The molecule has 0 radical (unpaired) electrons. The Labute approximate surface area is 157 Å². The highest BCUT2D eigenvalue weighted by molar-refractivity contribution is 5.83. The average Bonchev–Trinajstić information content (AvgIpc) is 3.07. The van der Waals surface area contributed by atoms with Gasteiger partial charge in [-0.2, -0.15) is 0 Å². The molecule has 136 valence electrons. The summed E-state index contributed by atoms with van der Waals surface area (Å²) in [5.41, 5.74) is 4.63. The van der Waals surface area contributed by atoms with Crippen molar-refractivity contribution < 1.29 is 0 Å². The Morgan fingerprint density at radius 2 is 1.96 bits per heavy atom. The van der Waals surface area contributed by atoms with E-state index in [2.05, 4.69) is 39.4 Å². The fourth-order valence-corrected chi connectivity index (χ4v) is 3.60. The third-order valence-electron chi connectivity index (χ3n) is 5.33. The van der Waals surface area contributed by atoms with Crippen LogP contribution in [0.15, 0.2) is 48.9 Å². The average molecular weight is 359 g/mol. The summed E-state index contributed by atoms with van der Waals surface area (Å²) in [4.78, 5) is 15.9. The van der Waals surface area contributed by atoms with E-state index < -0.39 is 0 Å². The first kappa shape index (κ1) is 16.1. The van der Waals surface area contributed by atoms with Crippen molar-refractivity contribution in [2.24, 2.45) is 0 Å². The number of aromatic nitrogens is 5. The number of anilines is 1. The maximum absolute atomic E-state index is 4.73. The van der Waals surface area contributed by atoms with Crippen LogP contribution < -0.4 is 5.32 Å². The molecule has 27 heavy (non-hydrogen) atoms. The van der Waals surface area contributed by atoms with Gasteiger partial charge in [0.15, 0.2) is 0 Å². The Kier molecular flexibility index (Phi) is 3.75. The van der Waals surface area contributed by atoms with E-state index in [1.807, 2.05) is 47.2 Å². The van der Waals surface area contributed by atoms with Gasteiger partial charge in [0.1, 0.15) is 0 Å². The van der Waals surface area contributed by atoms with Crippen molar-refractivity contribution in [1.29, 1.82) is 0 Å². The van der Waals surface area contributed by atoms with Crippen LogP contribution in [0.25, 0.3) is 27.8 Å². The van der Waals surface area contributed by atoms with Crippen LogP contribution in [0.5, 0.6) is 0 Å². The number of pyridine rings is 2. The van der Waals surface area contributed by atoms with E-state index in [1.54, 1.807) is 6.20 Å². The lowest BCUT2D eigenvalue weighted by molar-refractivity contribution is 0.177. The van der Waals surface area contributed by atoms with Crippen molar-refractivity contribution in [1.82, 2.24) is 29.5 Å². The molecular weight excluding hydrogens is 338 g/mol. The summed E-state index contributed by atoms with van der Waals surface area (Å²) in [6.07, 6.45) is 7.85. The van der Waals surface area contributed by atoms with Gasteiger partial charge in [-0.05, 0) is 57.3 Å². The van der Waals surface area contributed by atoms with Gasteiger partial charge in [-0.1, -0.05) is 0 Å². The molecule has 0 spiro atoms. The van der Waals surface area contributed by atoms with E-state index in [1.165, 1.54) is 0 Å². The van der Waals surface area contributed by atoms with E-state index in [4.69, 9.17) is 4.98 Å². The van der Waals surface area contributed by atoms with Gasteiger partial charge >= 0.3 is 0 Å². The molecule has 4 aromatic heterocycles. The predicted octanol–water partition coefficient (Wildman–Crippen LogP) is 2.84. The normalized spacial score (nSPS) is 19.5. The molecule has 1 fully saturated rings. The standard InChI is InChI=1S/C20H21N7/c1-26(2)14-10-13(11-14)23-20-22-12-19-15(7-9-27(19)25-20)16-5-6-17-18(24-16)4-3-8-21-17/h3-9,12-14H,10-11H2,1-2H3,(H,23,25). The molecule has 1 aliphatic rings. The first-order chi connectivity index (χ1) is 13.2. The number of nitrogens with zero attached hydrogens (tertiary/aromatic N) is 6. The summed E-state index contributed by atoms with van der Waals surface area (Å²) in [5.74, 6) is 0.669. The maximum atomic E-state index is 4.73. The predicted molar refractivity (Wildman–Crippen MR) is 106 cm³/mol. The quantitative estimate of drug-likeness (QED) is 0.604. The maximum Gasteiger partial charge on any atom is 0.241 e. The van der Waals surface area contributed by atoms with E-state index in [0.717, 1.165) is 40.6 Å². The lowest BCUT2D eigenvalue weighted by Crippen LogP contribution is -2.47. The molecular formula is C20H21N7. The zero-order valence-corrected chi connectivity index (χ0v) is 15.4. The van der Waals surface area contributed by atoms with Crippen molar-refractivity contribution in [3.05, 3.63) is 48.9 Å². The molecule has 0 aromatic carbocycles. The molecule has 4 heterocycles. The van der Waals surface area contributed by atoms with E-state index in [-0.39, 0.29) is 0 Å². The molecule has 5 rings (SSSR count). The highest BCUT2D eigenvalue weighted by atomic mass is 15.3. The number of fused-ring (bicyclic) bond motifs is 2. The Morgan fingerprint density at radius 1 is 1.07 bits per heavy atom. The van der Waals surface area contributed by atoms with Crippen LogP contribution in [-0.4, -0.2) is 55.6 Å². The molecule has 0 unspecified atom stereocenters. The highest BCUT2D eigenvalue weighted by Crippen LogP contribution is 2.28. The topological polar surface area (TPSA) is 71.2 Å². The van der Waals surface area contributed by atoms with Gasteiger partial charge in [-0.25, -0.2) is 14.5 Å². The fourth-order valence-electron chi connectivity index (χ4n) is 3.60. The van der Waals surface area contributed by atoms with Crippen LogP contribution >= 0.6 is 0 Å². The Hall–Kier alpha value is -3.06. The second kappa shape index (κ2) is 6.28. The number of nitrogens with one attached hydrogen (secondary N) is 1. The number of hydrogen-bond donors (Lipinski definition) is 1. The molecule has 1 N–H and O–H groups in total. The van der Waals surface area contributed by atoms with Gasteiger partial charge in [0.05, 0.1) is 28.4 Å². The number of hydrogen-bond acceptors (Lipinski definition) is 6. The zero-order chi connectivity index (χ0) is 18.4. The van der Waals surface area contributed by atoms with Crippen LogP contribution in [0.4, 0.5) is 5.95 Å². The van der Waals surface area contributed by atoms with Gasteiger partial charge in [-0.3, -0.25) is 4.98 Å². The smallest absolute Gasteiger partial charge is 0.241 e. The van der Waals surface area contributed by atoms with E-state index in [0.29, 0.717) is 18.0 Å². The second-order valence-corrected chi connectivity index (χ2v) is 7.31. The Morgan fingerprint density at radius 3 is 2.81 bits per heavy atom. The van der Waals surface area contributed by atoms with Crippen molar-refractivity contribution >= 4 is 22.5 Å². The molecule has 4 aromatic rings. The van der Waals surface area contributed by atoms with E-state index in [9.17, 15) is 0 Å². The van der Waals surface area contributed by atoms with Gasteiger partial charge in [0.25, 0.3) is 0 Å². The van der Waals surface area contributed by atoms with Crippen molar-refractivity contribution in [3.63, 3.8) is 0 Å². The molecule has 1 aliphatic carbocycles. The SMILES string of the molecule is CN(C)C1CC(Nc2ncc3c(-c4ccc5ncccc5n4)ccn3n2)C1. The summed E-state index contributed by atoms with van der Waals surface area (Å²) < 4.78 is 1.86. The highest BCUT2D eigenvalue weighted by Gasteiger charge is 2.30. The summed E-state index contributed by atoms with van der Waals surface area (Å²) in [6.45, 7) is 0. The minimum absolute atomic E-state index is 0.444. The van der Waals surface area contributed by atoms with Crippen LogP contribution in [0.1, 0.15) is 12.8 Å². The fraction of sp³-hybridized carbons (Fsp3) is 0.300. The summed E-state index contributed by atoms with van der Waals surface area (Å²) in [7, 11) is 4.25. The molecule has 0 amide bonds.